The van der Waals surface area contributed by atoms with Gasteiger partial charge in [0.15, 0.2) is 0 Å². The summed E-state index contributed by atoms with van der Waals surface area (Å²) in [6.07, 6.45) is 5.81. The van der Waals surface area contributed by atoms with Gasteiger partial charge in [-0.25, -0.2) is 0 Å². The summed E-state index contributed by atoms with van der Waals surface area (Å²) in [5, 5.41) is 10.5. The fourth-order valence-electron chi connectivity index (χ4n) is 4.16. The van der Waals surface area contributed by atoms with Gasteiger partial charge in [-0.3, -0.25) is 4.79 Å². The number of para-hydroxylation sites is 1. The SMILES string of the molecule is O=C(O)C1CCC(c2cn(Cc3ccccc3)c3ccccc23)CC1. The van der Waals surface area contributed by atoms with Gasteiger partial charge in [0.25, 0.3) is 0 Å². The fraction of sp³-hybridized carbons (Fsp3) is 0.318. The smallest absolute Gasteiger partial charge is 0.306 e. The van der Waals surface area contributed by atoms with E-state index in [0.29, 0.717) is 5.92 Å². The van der Waals surface area contributed by atoms with Gasteiger partial charge in [0.1, 0.15) is 0 Å². The predicted molar refractivity (Wildman–Crippen MR) is 99.8 cm³/mol. The van der Waals surface area contributed by atoms with Crippen LogP contribution in [0.15, 0.2) is 60.8 Å². The first-order chi connectivity index (χ1) is 12.2. The molecule has 2 aromatic carbocycles. The van der Waals surface area contributed by atoms with E-state index >= 15 is 0 Å². The highest BCUT2D eigenvalue weighted by atomic mass is 16.4. The standard InChI is InChI=1S/C22H23NO2/c24-22(25)18-12-10-17(11-13-18)20-15-23(14-16-6-2-1-3-7-16)21-9-5-4-8-19(20)21/h1-9,15,17-18H,10-14H2,(H,24,25). The van der Waals surface area contributed by atoms with E-state index in [4.69, 9.17) is 0 Å². The van der Waals surface area contributed by atoms with E-state index in [0.717, 1.165) is 32.2 Å². The molecule has 1 aliphatic carbocycles. The third-order valence-corrected chi connectivity index (χ3v) is 5.53. The minimum absolute atomic E-state index is 0.158. The summed E-state index contributed by atoms with van der Waals surface area (Å²) in [5.41, 5.74) is 3.95. The van der Waals surface area contributed by atoms with Crippen LogP contribution in [0, 0.1) is 5.92 Å². The third-order valence-electron chi connectivity index (χ3n) is 5.53. The van der Waals surface area contributed by atoms with Crippen LogP contribution in [0.1, 0.15) is 42.7 Å². The Bertz CT molecular complexity index is 873. The first-order valence-electron chi connectivity index (χ1n) is 9.07. The molecule has 1 heterocycles. The molecular formula is C22H23NO2. The maximum absolute atomic E-state index is 11.2. The normalized spacial score (nSPS) is 20.6. The lowest BCUT2D eigenvalue weighted by Gasteiger charge is -2.25. The number of carboxylic acids is 1. The van der Waals surface area contributed by atoms with Crippen molar-refractivity contribution in [3.8, 4) is 0 Å². The Morgan fingerprint density at radius 3 is 2.36 bits per heavy atom. The van der Waals surface area contributed by atoms with Gasteiger partial charge in [0, 0.05) is 23.6 Å². The molecule has 4 rings (SSSR count). The zero-order chi connectivity index (χ0) is 17.2. The number of carboxylic acid groups (broad SMARTS) is 1. The number of benzene rings is 2. The van der Waals surface area contributed by atoms with E-state index in [2.05, 4.69) is 59.3 Å². The zero-order valence-electron chi connectivity index (χ0n) is 14.3. The third kappa shape index (κ3) is 3.19. The largest absolute Gasteiger partial charge is 0.481 e. The lowest BCUT2D eigenvalue weighted by atomic mass is 9.79. The van der Waals surface area contributed by atoms with Gasteiger partial charge >= 0.3 is 5.97 Å². The molecule has 0 saturated heterocycles. The molecule has 25 heavy (non-hydrogen) atoms. The number of aliphatic carboxylic acids is 1. The van der Waals surface area contributed by atoms with Gasteiger partial charge in [0.05, 0.1) is 5.92 Å². The summed E-state index contributed by atoms with van der Waals surface area (Å²) >= 11 is 0. The molecule has 3 nitrogen and oxygen atoms in total. The molecule has 3 aromatic rings. The van der Waals surface area contributed by atoms with Gasteiger partial charge in [-0.1, -0.05) is 48.5 Å². The van der Waals surface area contributed by atoms with Crippen molar-refractivity contribution in [2.75, 3.05) is 0 Å². The number of hydrogen-bond donors (Lipinski definition) is 1. The van der Waals surface area contributed by atoms with Crippen molar-refractivity contribution in [3.05, 3.63) is 71.9 Å². The van der Waals surface area contributed by atoms with Crippen LogP contribution >= 0.6 is 0 Å². The van der Waals surface area contributed by atoms with E-state index < -0.39 is 5.97 Å². The Balaban J connectivity index is 1.65. The van der Waals surface area contributed by atoms with Crippen molar-refractivity contribution in [2.24, 2.45) is 5.92 Å². The van der Waals surface area contributed by atoms with Crippen molar-refractivity contribution < 1.29 is 9.90 Å². The van der Waals surface area contributed by atoms with Crippen molar-refractivity contribution >= 4 is 16.9 Å². The number of carbonyl (C=O) groups is 1. The molecule has 1 aromatic heterocycles. The van der Waals surface area contributed by atoms with E-state index in [1.807, 2.05) is 6.07 Å². The summed E-state index contributed by atoms with van der Waals surface area (Å²) in [6.45, 7) is 0.867. The second-order valence-corrected chi connectivity index (χ2v) is 7.10. The number of aromatic nitrogens is 1. The van der Waals surface area contributed by atoms with Gasteiger partial charge in [0.2, 0.25) is 0 Å². The number of rotatable bonds is 4. The van der Waals surface area contributed by atoms with Gasteiger partial charge < -0.3 is 9.67 Å². The average Bonchev–Trinajstić information content (AvgIpc) is 3.01. The molecule has 3 heteroatoms. The summed E-state index contributed by atoms with van der Waals surface area (Å²) in [7, 11) is 0. The Morgan fingerprint density at radius 1 is 0.960 bits per heavy atom. The Morgan fingerprint density at radius 2 is 1.64 bits per heavy atom. The Kier molecular flexibility index (Phi) is 4.31. The molecule has 0 bridgehead atoms. The van der Waals surface area contributed by atoms with Crippen LogP contribution in [0.2, 0.25) is 0 Å². The average molecular weight is 333 g/mol. The molecule has 0 spiro atoms. The summed E-state index contributed by atoms with van der Waals surface area (Å²) in [5.74, 6) is -0.323. The first kappa shape index (κ1) is 15.9. The molecule has 1 fully saturated rings. The summed E-state index contributed by atoms with van der Waals surface area (Å²) in [6, 6.07) is 19.1. The van der Waals surface area contributed by atoms with Crippen LogP contribution in [0.4, 0.5) is 0 Å². The van der Waals surface area contributed by atoms with Crippen LogP contribution < -0.4 is 0 Å². The number of fused-ring (bicyclic) bond motifs is 1. The summed E-state index contributed by atoms with van der Waals surface area (Å²) in [4.78, 5) is 11.2. The van der Waals surface area contributed by atoms with Gasteiger partial charge in [-0.15, -0.1) is 0 Å². The molecule has 1 aliphatic rings. The fourth-order valence-corrected chi connectivity index (χ4v) is 4.16. The van der Waals surface area contributed by atoms with Crippen molar-refractivity contribution in [2.45, 2.75) is 38.1 Å². The van der Waals surface area contributed by atoms with E-state index in [1.165, 1.54) is 22.0 Å². The number of hydrogen-bond acceptors (Lipinski definition) is 1. The number of nitrogens with zero attached hydrogens (tertiary/aromatic N) is 1. The van der Waals surface area contributed by atoms with Crippen molar-refractivity contribution in [3.63, 3.8) is 0 Å². The lowest BCUT2D eigenvalue weighted by molar-refractivity contribution is -0.142. The molecule has 0 unspecified atom stereocenters. The second kappa shape index (κ2) is 6.75. The molecule has 1 N–H and O–H groups in total. The van der Waals surface area contributed by atoms with Crippen LogP contribution in [0.3, 0.4) is 0 Å². The van der Waals surface area contributed by atoms with Crippen LogP contribution in [0.5, 0.6) is 0 Å². The first-order valence-corrected chi connectivity index (χ1v) is 9.07. The minimum Gasteiger partial charge on any atom is -0.481 e. The maximum atomic E-state index is 11.2. The molecular weight excluding hydrogens is 310 g/mol. The highest BCUT2D eigenvalue weighted by Gasteiger charge is 2.28. The molecule has 1 saturated carbocycles. The van der Waals surface area contributed by atoms with E-state index in [9.17, 15) is 9.90 Å². The molecule has 0 aliphatic heterocycles. The second-order valence-electron chi connectivity index (χ2n) is 7.10. The lowest BCUT2D eigenvalue weighted by Crippen LogP contribution is -2.20. The van der Waals surface area contributed by atoms with Crippen molar-refractivity contribution in [1.29, 1.82) is 0 Å². The zero-order valence-corrected chi connectivity index (χ0v) is 14.3. The van der Waals surface area contributed by atoms with Gasteiger partial charge in [-0.05, 0) is 48.8 Å². The topological polar surface area (TPSA) is 42.2 Å². The molecule has 0 radical (unpaired) electrons. The van der Waals surface area contributed by atoms with Crippen LogP contribution in [-0.2, 0) is 11.3 Å². The molecule has 0 amide bonds. The highest BCUT2D eigenvalue weighted by Crippen LogP contribution is 2.39. The quantitative estimate of drug-likeness (QED) is 0.726. The van der Waals surface area contributed by atoms with E-state index in [-0.39, 0.29) is 5.92 Å². The highest BCUT2D eigenvalue weighted by molar-refractivity contribution is 5.84. The predicted octanol–water partition coefficient (Wildman–Crippen LogP) is 5.05. The molecule has 0 atom stereocenters. The minimum atomic E-state index is -0.634. The van der Waals surface area contributed by atoms with Crippen LogP contribution in [0.25, 0.3) is 10.9 Å². The summed E-state index contributed by atoms with van der Waals surface area (Å²) < 4.78 is 2.34. The molecule has 128 valence electrons. The Hall–Kier alpha value is -2.55. The Labute approximate surface area is 147 Å². The van der Waals surface area contributed by atoms with E-state index in [1.54, 1.807) is 0 Å². The monoisotopic (exact) mass is 333 g/mol. The van der Waals surface area contributed by atoms with Crippen LogP contribution in [-0.4, -0.2) is 15.6 Å². The maximum Gasteiger partial charge on any atom is 0.306 e. The van der Waals surface area contributed by atoms with Gasteiger partial charge in [-0.2, -0.15) is 0 Å². The van der Waals surface area contributed by atoms with Crippen molar-refractivity contribution in [1.82, 2.24) is 4.57 Å².